The summed E-state index contributed by atoms with van der Waals surface area (Å²) in [6.45, 7) is 0.610. The minimum absolute atomic E-state index is 0.586. The Bertz CT molecular complexity index is 437. The van der Waals surface area contributed by atoms with Crippen LogP contribution in [0.5, 0.6) is 5.88 Å². The fourth-order valence-electron chi connectivity index (χ4n) is 1.46. The highest BCUT2D eigenvalue weighted by molar-refractivity contribution is 5.56. The van der Waals surface area contributed by atoms with Gasteiger partial charge in [0.05, 0.1) is 7.11 Å². The van der Waals surface area contributed by atoms with Gasteiger partial charge in [-0.2, -0.15) is 10.1 Å². The predicted molar refractivity (Wildman–Crippen MR) is 52.3 cm³/mol. The molecule has 0 amide bonds. The molecule has 2 heterocycles. The molecule has 74 valence electrons. The lowest BCUT2D eigenvalue weighted by molar-refractivity contribution is 0.398. The first-order chi connectivity index (χ1) is 6.86. The molecule has 0 aliphatic heterocycles. The van der Waals surface area contributed by atoms with Crippen LogP contribution in [0.3, 0.4) is 0 Å². The molecule has 0 radical (unpaired) electrons. The Morgan fingerprint density at radius 1 is 1.50 bits per heavy atom. The van der Waals surface area contributed by atoms with Crippen molar-refractivity contribution >= 4 is 5.52 Å². The fourth-order valence-corrected chi connectivity index (χ4v) is 1.46. The molecule has 0 aliphatic carbocycles. The summed E-state index contributed by atoms with van der Waals surface area (Å²) in [5.74, 6) is 0.586. The van der Waals surface area contributed by atoms with Gasteiger partial charge < -0.3 is 10.5 Å². The molecule has 0 unspecified atom stereocenters. The van der Waals surface area contributed by atoms with Crippen molar-refractivity contribution in [3.05, 3.63) is 24.2 Å². The van der Waals surface area contributed by atoms with Gasteiger partial charge in [0.2, 0.25) is 5.88 Å². The highest BCUT2D eigenvalue weighted by Gasteiger charge is 2.06. The van der Waals surface area contributed by atoms with Crippen LogP contribution < -0.4 is 10.5 Å². The summed E-state index contributed by atoms with van der Waals surface area (Å²) in [4.78, 5) is 4.01. The second-order valence-corrected chi connectivity index (χ2v) is 2.93. The third kappa shape index (κ3) is 1.31. The molecular formula is C9H12N4O. The van der Waals surface area contributed by atoms with Crippen LogP contribution in [0.25, 0.3) is 5.52 Å². The van der Waals surface area contributed by atoms with Gasteiger partial charge in [0.1, 0.15) is 11.8 Å². The van der Waals surface area contributed by atoms with E-state index in [1.165, 1.54) is 6.33 Å². The largest absolute Gasteiger partial charge is 0.479 e. The van der Waals surface area contributed by atoms with Crippen molar-refractivity contribution in [3.63, 3.8) is 0 Å². The molecule has 2 N–H and O–H groups in total. The van der Waals surface area contributed by atoms with Gasteiger partial charge in [-0.1, -0.05) is 0 Å². The molecule has 5 heteroatoms. The lowest BCUT2D eigenvalue weighted by Crippen LogP contribution is -2.07. The first-order valence-corrected chi connectivity index (χ1v) is 4.42. The lowest BCUT2D eigenvalue weighted by Gasteiger charge is -2.02. The Balaban J connectivity index is 2.57. The van der Waals surface area contributed by atoms with Gasteiger partial charge in [0.15, 0.2) is 0 Å². The van der Waals surface area contributed by atoms with Crippen molar-refractivity contribution in [1.82, 2.24) is 14.6 Å². The standard InChI is InChI=1S/C9H12N4O/c1-14-9-8-3-2-7(4-5-10)13(8)12-6-11-9/h2-3,6H,4-5,10H2,1H3. The summed E-state index contributed by atoms with van der Waals surface area (Å²) in [5, 5.41) is 4.14. The summed E-state index contributed by atoms with van der Waals surface area (Å²) in [7, 11) is 1.60. The molecule has 0 aromatic carbocycles. The van der Waals surface area contributed by atoms with E-state index in [2.05, 4.69) is 10.1 Å². The molecule has 0 saturated heterocycles. The van der Waals surface area contributed by atoms with Crippen LogP contribution in [0.15, 0.2) is 18.5 Å². The van der Waals surface area contributed by atoms with Crippen molar-refractivity contribution in [1.29, 1.82) is 0 Å². The van der Waals surface area contributed by atoms with Crippen molar-refractivity contribution in [3.8, 4) is 5.88 Å². The minimum atomic E-state index is 0.586. The molecule has 14 heavy (non-hydrogen) atoms. The van der Waals surface area contributed by atoms with E-state index in [-0.39, 0.29) is 0 Å². The van der Waals surface area contributed by atoms with Crippen LogP contribution in [0.4, 0.5) is 0 Å². The minimum Gasteiger partial charge on any atom is -0.479 e. The second kappa shape index (κ2) is 3.63. The Hall–Kier alpha value is -1.62. The Labute approximate surface area is 81.5 Å². The number of rotatable bonds is 3. The van der Waals surface area contributed by atoms with E-state index in [4.69, 9.17) is 10.5 Å². The van der Waals surface area contributed by atoms with Gasteiger partial charge >= 0.3 is 0 Å². The summed E-state index contributed by atoms with van der Waals surface area (Å²) in [6.07, 6.45) is 2.28. The summed E-state index contributed by atoms with van der Waals surface area (Å²) in [5.41, 5.74) is 7.44. The van der Waals surface area contributed by atoms with Crippen LogP contribution in [-0.4, -0.2) is 28.3 Å². The van der Waals surface area contributed by atoms with Gasteiger partial charge in [0.25, 0.3) is 0 Å². The van der Waals surface area contributed by atoms with E-state index in [1.54, 1.807) is 11.6 Å². The lowest BCUT2D eigenvalue weighted by atomic mass is 10.3. The molecule has 0 bridgehead atoms. The first kappa shape index (κ1) is 8.96. The van der Waals surface area contributed by atoms with Gasteiger partial charge in [-0.25, -0.2) is 4.52 Å². The zero-order chi connectivity index (χ0) is 9.97. The summed E-state index contributed by atoms with van der Waals surface area (Å²) < 4.78 is 6.92. The molecular weight excluding hydrogens is 180 g/mol. The van der Waals surface area contributed by atoms with Crippen molar-refractivity contribution < 1.29 is 4.74 Å². The molecule has 2 aromatic heterocycles. The van der Waals surface area contributed by atoms with Gasteiger partial charge in [-0.3, -0.25) is 0 Å². The summed E-state index contributed by atoms with van der Waals surface area (Å²) in [6, 6.07) is 3.92. The molecule has 2 aromatic rings. The SMILES string of the molecule is COc1ncnn2c(CCN)ccc12. The topological polar surface area (TPSA) is 65.4 Å². The van der Waals surface area contributed by atoms with Crippen LogP contribution in [0.2, 0.25) is 0 Å². The van der Waals surface area contributed by atoms with E-state index in [0.717, 1.165) is 17.6 Å². The molecule has 2 rings (SSSR count). The van der Waals surface area contributed by atoms with E-state index in [1.807, 2.05) is 12.1 Å². The van der Waals surface area contributed by atoms with Gasteiger partial charge in [-0.15, -0.1) is 0 Å². The van der Waals surface area contributed by atoms with Gasteiger partial charge in [0, 0.05) is 12.1 Å². The molecule has 5 nitrogen and oxygen atoms in total. The molecule has 0 spiro atoms. The van der Waals surface area contributed by atoms with Crippen molar-refractivity contribution in [2.45, 2.75) is 6.42 Å². The maximum atomic E-state index is 5.49. The average Bonchev–Trinajstić information content (AvgIpc) is 2.62. The number of aromatic nitrogens is 3. The number of nitrogens with zero attached hydrogens (tertiary/aromatic N) is 3. The smallest absolute Gasteiger partial charge is 0.241 e. The maximum absolute atomic E-state index is 5.49. The zero-order valence-corrected chi connectivity index (χ0v) is 7.97. The van der Waals surface area contributed by atoms with Crippen molar-refractivity contribution in [2.75, 3.05) is 13.7 Å². The Morgan fingerprint density at radius 2 is 2.36 bits per heavy atom. The van der Waals surface area contributed by atoms with Crippen LogP contribution in [0.1, 0.15) is 5.69 Å². The Kier molecular flexibility index (Phi) is 2.32. The van der Waals surface area contributed by atoms with E-state index >= 15 is 0 Å². The highest BCUT2D eigenvalue weighted by atomic mass is 16.5. The fraction of sp³-hybridized carbons (Fsp3) is 0.333. The predicted octanol–water partition coefficient (Wildman–Crippen LogP) is 0.239. The number of methoxy groups -OCH3 is 1. The van der Waals surface area contributed by atoms with Crippen molar-refractivity contribution in [2.24, 2.45) is 5.73 Å². The van der Waals surface area contributed by atoms with Crippen LogP contribution in [-0.2, 0) is 6.42 Å². The number of fused-ring (bicyclic) bond motifs is 1. The Morgan fingerprint density at radius 3 is 3.07 bits per heavy atom. The van der Waals surface area contributed by atoms with E-state index < -0.39 is 0 Å². The number of ether oxygens (including phenoxy) is 1. The monoisotopic (exact) mass is 192 g/mol. The van der Waals surface area contributed by atoms with Crippen LogP contribution >= 0.6 is 0 Å². The third-order valence-corrected chi connectivity index (χ3v) is 2.09. The molecule has 0 atom stereocenters. The van der Waals surface area contributed by atoms with Crippen LogP contribution in [0, 0.1) is 0 Å². The highest BCUT2D eigenvalue weighted by Crippen LogP contribution is 2.17. The third-order valence-electron chi connectivity index (χ3n) is 2.09. The van der Waals surface area contributed by atoms with E-state index in [9.17, 15) is 0 Å². The van der Waals surface area contributed by atoms with E-state index in [0.29, 0.717) is 12.4 Å². The quantitative estimate of drug-likeness (QED) is 0.756. The first-order valence-electron chi connectivity index (χ1n) is 4.42. The molecule has 0 saturated carbocycles. The number of hydrogen-bond donors (Lipinski definition) is 1. The normalized spacial score (nSPS) is 10.7. The molecule has 0 fully saturated rings. The summed E-state index contributed by atoms with van der Waals surface area (Å²) >= 11 is 0. The van der Waals surface area contributed by atoms with Gasteiger partial charge in [-0.05, 0) is 18.7 Å². The average molecular weight is 192 g/mol. The maximum Gasteiger partial charge on any atom is 0.241 e. The number of hydrogen-bond acceptors (Lipinski definition) is 4. The zero-order valence-electron chi connectivity index (χ0n) is 7.97. The molecule has 0 aliphatic rings. The second-order valence-electron chi connectivity index (χ2n) is 2.93. The number of nitrogens with two attached hydrogens (primary N) is 1.